The fraction of sp³-hybridized carbons (Fsp3) is 0.250. The van der Waals surface area contributed by atoms with Gasteiger partial charge in [0.05, 0.1) is 11.5 Å². The van der Waals surface area contributed by atoms with Gasteiger partial charge in [0, 0.05) is 12.5 Å². The Balaban J connectivity index is 1.79. The first-order valence-corrected chi connectivity index (χ1v) is 9.65. The molecule has 0 aliphatic heterocycles. The van der Waals surface area contributed by atoms with Crippen LogP contribution in [0.5, 0.6) is 0 Å². The van der Waals surface area contributed by atoms with E-state index < -0.39 is 15.9 Å². The Kier molecular flexibility index (Phi) is 4.79. The molecule has 1 aromatic carbocycles. The highest BCUT2D eigenvalue weighted by Crippen LogP contribution is 2.26. The second kappa shape index (κ2) is 6.84. The predicted molar refractivity (Wildman–Crippen MR) is 92.0 cm³/mol. The van der Waals surface area contributed by atoms with Crippen molar-refractivity contribution in [3.63, 3.8) is 0 Å². The highest BCUT2D eigenvalue weighted by molar-refractivity contribution is 7.94. The number of benzene rings is 1. The average molecular weight is 364 g/mol. The highest BCUT2D eigenvalue weighted by Gasteiger charge is 2.25. The average Bonchev–Trinajstić information content (AvgIpc) is 3.03. The number of methoxy groups -OCH3 is 1. The molecule has 126 valence electrons. The van der Waals surface area contributed by atoms with Crippen LogP contribution in [0.15, 0.2) is 34.6 Å². The first-order chi connectivity index (χ1) is 11.5. The summed E-state index contributed by atoms with van der Waals surface area (Å²) in [6.07, 6.45) is 2.61. The Morgan fingerprint density at radius 1 is 1.33 bits per heavy atom. The maximum absolute atomic E-state index is 12.5. The number of fused-ring (bicyclic) bond motifs is 1. The van der Waals surface area contributed by atoms with E-state index in [1.54, 1.807) is 6.08 Å². The van der Waals surface area contributed by atoms with Crippen LogP contribution in [0.4, 0.5) is 0 Å². The van der Waals surface area contributed by atoms with Crippen molar-refractivity contribution >= 4 is 33.3 Å². The number of carbonyl (C=O) groups excluding carboxylic acids is 1. The van der Waals surface area contributed by atoms with Gasteiger partial charge < -0.3 is 4.74 Å². The number of aromatic nitrogens is 1. The van der Waals surface area contributed by atoms with Crippen molar-refractivity contribution in [2.45, 2.75) is 19.4 Å². The zero-order valence-corrected chi connectivity index (χ0v) is 14.6. The molecule has 0 atom stereocenters. The minimum absolute atomic E-state index is 0.0763. The third-order valence-electron chi connectivity index (χ3n) is 3.64. The van der Waals surface area contributed by atoms with E-state index in [1.807, 2.05) is 24.3 Å². The zero-order chi connectivity index (χ0) is 17.2. The molecule has 1 amide bonds. The fourth-order valence-electron chi connectivity index (χ4n) is 2.46. The number of amides is 1. The van der Waals surface area contributed by atoms with Crippen LogP contribution in [-0.2, 0) is 27.8 Å². The van der Waals surface area contributed by atoms with Crippen molar-refractivity contribution in [2.24, 2.45) is 0 Å². The van der Waals surface area contributed by atoms with Crippen molar-refractivity contribution < 1.29 is 17.9 Å². The van der Waals surface area contributed by atoms with E-state index in [9.17, 15) is 13.2 Å². The molecule has 6 nitrogen and oxygen atoms in total. The molecule has 0 unspecified atom stereocenters. The van der Waals surface area contributed by atoms with Crippen molar-refractivity contribution in [3.05, 3.63) is 56.4 Å². The van der Waals surface area contributed by atoms with E-state index >= 15 is 0 Å². The Hall–Kier alpha value is -2.03. The van der Waals surface area contributed by atoms with Crippen molar-refractivity contribution in [1.29, 1.82) is 0 Å². The van der Waals surface area contributed by atoms with Gasteiger partial charge in [0.2, 0.25) is 0 Å². The molecular weight excluding hydrogens is 348 g/mol. The SMILES string of the molecule is COCc1nc(C(=O)NS(=O)(=O)C2=Cc3ccccc3CC2)cs1. The summed E-state index contributed by atoms with van der Waals surface area (Å²) in [5, 5.41) is 2.13. The normalized spacial score (nSPS) is 14.0. The van der Waals surface area contributed by atoms with E-state index in [1.165, 1.54) is 23.8 Å². The van der Waals surface area contributed by atoms with Gasteiger partial charge in [0.15, 0.2) is 0 Å². The molecule has 1 aliphatic rings. The van der Waals surface area contributed by atoms with Crippen LogP contribution in [-0.4, -0.2) is 26.4 Å². The van der Waals surface area contributed by atoms with Gasteiger partial charge in [-0.15, -0.1) is 11.3 Å². The molecule has 24 heavy (non-hydrogen) atoms. The maximum Gasteiger partial charge on any atom is 0.284 e. The van der Waals surface area contributed by atoms with Gasteiger partial charge in [0.1, 0.15) is 10.7 Å². The molecular formula is C16H16N2O4S2. The van der Waals surface area contributed by atoms with Gasteiger partial charge in [-0.1, -0.05) is 24.3 Å². The first kappa shape index (κ1) is 16.8. The lowest BCUT2D eigenvalue weighted by Crippen LogP contribution is -2.32. The molecule has 1 aromatic heterocycles. The molecule has 1 heterocycles. The van der Waals surface area contributed by atoms with E-state index in [2.05, 4.69) is 9.71 Å². The second-order valence-corrected chi connectivity index (χ2v) is 7.98. The minimum Gasteiger partial charge on any atom is -0.378 e. The van der Waals surface area contributed by atoms with Gasteiger partial charge in [0.25, 0.3) is 15.9 Å². The summed E-state index contributed by atoms with van der Waals surface area (Å²) < 4.78 is 32.0. The van der Waals surface area contributed by atoms with Crippen LogP contribution >= 0.6 is 11.3 Å². The molecule has 0 saturated heterocycles. The molecule has 0 radical (unpaired) electrons. The molecule has 0 bridgehead atoms. The number of thiazole rings is 1. The Bertz CT molecular complexity index is 900. The minimum atomic E-state index is -3.88. The number of rotatable bonds is 5. The van der Waals surface area contributed by atoms with Crippen LogP contribution in [0.1, 0.15) is 33.0 Å². The smallest absolute Gasteiger partial charge is 0.284 e. The maximum atomic E-state index is 12.5. The molecule has 0 fully saturated rings. The number of sulfonamides is 1. The van der Waals surface area contributed by atoms with Crippen LogP contribution in [0.2, 0.25) is 0 Å². The molecule has 1 N–H and O–H groups in total. The van der Waals surface area contributed by atoms with E-state index in [0.717, 1.165) is 11.1 Å². The number of carbonyl (C=O) groups is 1. The molecule has 8 heteroatoms. The lowest BCUT2D eigenvalue weighted by Gasteiger charge is -2.16. The number of nitrogens with zero attached hydrogens (tertiary/aromatic N) is 1. The van der Waals surface area contributed by atoms with E-state index in [4.69, 9.17) is 4.74 Å². The lowest BCUT2D eigenvalue weighted by molar-refractivity contribution is 0.0977. The number of hydrogen-bond donors (Lipinski definition) is 1. The quantitative estimate of drug-likeness (QED) is 0.880. The predicted octanol–water partition coefficient (Wildman–Crippen LogP) is 2.34. The molecule has 2 aromatic rings. The van der Waals surface area contributed by atoms with Crippen LogP contribution < -0.4 is 4.72 Å². The third kappa shape index (κ3) is 3.55. The number of aryl methyl sites for hydroxylation is 1. The first-order valence-electron chi connectivity index (χ1n) is 7.28. The summed E-state index contributed by atoms with van der Waals surface area (Å²) in [6, 6.07) is 7.62. The second-order valence-electron chi connectivity index (χ2n) is 5.30. The topological polar surface area (TPSA) is 85.4 Å². The number of nitrogens with one attached hydrogen (secondary N) is 1. The Labute approximate surface area is 144 Å². The standard InChI is InChI=1S/C16H16N2O4S2/c1-22-9-15-17-14(10-23-15)16(19)18-24(20,21)13-7-6-11-4-2-3-5-12(11)8-13/h2-5,8,10H,6-7,9H2,1H3,(H,18,19). The third-order valence-corrected chi connectivity index (χ3v) is 5.93. The van der Waals surface area contributed by atoms with Crippen LogP contribution in [0, 0.1) is 0 Å². The summed E-state index contributed by atoms with van der Waals surface area (Å²) in [5.74, 6) is -0.728. The molecule has 0 spiro atoms. The summed E-state index contributed by atoms with van der Waals surface area (Å²) >= 11 is 1.25. The molecule has 3 rings (SSSR count). The van der Waals surface area contributed by atoms with Gasteiger partial charge in [-0.3, -0.25) is 4.79 Å². The molecule has 0 saturated carbocycles. The van der Waals surface area contributed by atoms with Crippen molar-refractivity contribution in [1.82, 2.24) is 9.71 Å². The van der Waals surface area contributed by atoms with Crippen molar-refractivity contribution in [2.75, 3.05) is 7.11 Å². The van der Waals surface area contributed by atoms with Crippen LogP contribution in [0.25, 0.3) is 6.08 Å². The Morgan fingerprint density at radius 3 is 2.92 bits per heavy atom. The van der Waals surface area contributed by atoms with Crippen LogP contribution in [0.3, 0.4) is 0 Å². The summed E-state index contributed by atoms with van der Waals surface area (Å²) in [4.78, 5) is 16.4. The largest absolute Gasteiger partial charge is 0.378 e. The van der Waals surface area contributed by atoms with Crippen molar-refractivity contribution in [3.8, 4) is 0 Å². The Morgan fingerprint density at radius 2 is 2.12 bits per heavy atom. The summed E-state index contributed by atoms with van der Waals surface area (Å²) in [7, 11) is -2.35. The van der Waals surface area contributed by atoms with Gasteiger partial charge >= 0.3 is 0 Å². The van der Waals surface area contributed by atoms with E-state index in [-0.39, 0.29) is 17.2 Å². The fourth-order valence-corrected chi connectivity index (χ4v) is 4.34. The monoisotopic (exact) mass is 364 g/mol. The summed E-state index contributed by atoms with van der Waals surface area (Å²) in [5.41, 5.74) is 2.05. The number of ether oxygens (including phenoxy) is 1. The number of allylic oxidation sites excluding steroid dienone is 1. The highest BCUT2D eigenvalue weighted by atomic mass is 32.2. The van der Waals surface area contributed by atoms with Gasteiger partial charge in [-0.2, -0.15) is 0 Å². The van der Waals surface area contributed by atoms with Gasteiger partial charge in [-0.05, 0) is 30.0 Å². The number of hydrogen-bond acceptors (Lipinski definition) is 6. The summed E-state index contributed by atoms with van der Waals surface area (Å²) in [6.45, 7) is 0.284. The lowest BCUT2D eigenvalue weighted by atomic mass is 9.98. The zero-order valence-electron chi connectivity index (χ0n) is 13.0. The molecule has 1 aliphatic carbocycles. The van der Waals surface area contributed by atoms with Gasteiger partial charge in [-0.25, -0.2) is 18.1 Å². The van der Waals surface area contributed by atoms with E-state index in [0.29, 0.717) is 17.8 Å².